The monoisotopic (exact) mass is 184 g/mol. The molecule has 0 N–H and O–H groups in total. The summed E-state index contributed by atoms with van der Waals surface area (Å²) in [4.78, 5) is 15.7. The fourth-order valence-corrected chi connectivity index (χ4v) is 1.17. The molecule has 1 rings (SSSR count). The highest BCUT2D eigenvalue weighted by atomic mass is 16.5. The fraction of sp³-hybridized carbons (Fsp3) is 0.857. The predicted octanol–water partition coefficient (Wildman–Crippen LogP) is 0.544. The molecule has 1 atom stereocenters. The molecule has 1 amide bonds. The molecule has 1 saturated heterocycles. The van der Waals surface area contributed by atoms with Gasteiger partial charge in [0.2, 0.25) is 5.91 Å². The Labute approximate surface area is 76.1 Å². The molecule has 6 heteroatoms. The molecule has 0 aromatic heterocycles. The van der Waals surface area contributed by atoms with Gasteiger partial charge in [0.25, 0.3) is 0 Å². The van der Waals surface area contributed by atoms with Crippen molar-refractivity contribution in [3.8, 4) is 0 Å². The minimum atomic E-state index is -0.608. The van der Waals surface area contributed by atoms with Crippen LogP contribution in [0.15, 0.2) is 5.11 Å². The zero-order valence-electron chi connectivity index (χ0n) is 7.51. The molecule has 72 valence electrons. The van der Waals surface area contributed by atoms with E-state index in [9.17, 15) is 4.79 Å². The molecular weight excluding hydrogens is 172 g/mol. The highest BCUT2D eigenvalue weighted by molar-refractivity contribution is 5.81. The molecule has 1 unspecified atom stereocenters. The van der Waals surface area contributed by atoms with Crippen LogP contribution < -0.4 is 0 Å². The van der Waals surface area contributed by atoms with Crippen molar-refractivity contribution in [1.82, 2.24) is 4.90 Å². The van der Waals surface area contributed by atoms with Gasteiger partial charge in [0.1, 0.15) is 6.04 Å². The third-order valence-corrected chi connectivity index (χ3v) is 1.90. The van der Waals surface area contributed by atoms with Gasteiger partial charge < -0.3 is 9.64 Å². The van der Waals surface area contributed by atoms with Gasteiger partial charge in [-0.1, -0.05) is 5.11 Å². The van der Waals surface area contributed by atoms with Crippen molar-refractivity contribution in [2.45, 2.75) is 13.0 Å². The van der Waals surface area contributed by atoms with Crippen LogP contribution in [0.4, 0.5) is 0 Å². The standard InChI is InChI=1S/C7H12N4O2/c1-6(9-10-8)7(12)11-2-4-13-5-3-11/h6H,2-5H2,1H3. The van der Waals surface area contributed by atoms with Gasteiger partial charge in [-0.25, -0.2) is 0 Å². The largest absolute Gasteiger partial charge is 0.378 e. The smallest absolute Gasteiger partial charge is 0.231 e. The van der Waals surface area contributed by atoms with Gasteiger partial charge in [-0.2, -0.15) is 0 Å². The van der Waals surface area contributed by atoms with Gasteiger partial charge in [0.15, 0.2) is 0 Å². The first-order valence-electron chi connectivity index (χ1n) is 4.16. The van der Waals surface area contributed by atoms with Crippen molar-refractivity contribution >= 4 is 5.91 Å². The van der Waals surface area contributed by atoms with Crippen LogP contribution in [0.5, 0.6) is 0 Å². The maximum atomic E-state index is 11.5. The fourth-order valence-electron chi connectivity index (χ4n) is 1.17. The molecule has 1 fully saturated rings. The molecule has 0 spiro atoms. The van der Waals surface area contributed by atoms with Crippen LogP contribution in [0.1, 0.15) is 6.92 Å². The first kappa shape index (κ1) is 9.83. The first-order chi connectivity index (χ1) is 6.25. The summed E-state index contributed by atoms with van der Waals surface area (Å²) in [6.45, 7) is 3.90. The van der Waals surface area contributed by atoms with Crippen LogP contribution in [0.25, 0.3) is 10.4 Å². The molecular formula is C7H12N4O2. The third-order valence-electron chi connectivity index (χ3n) is 1.90. The molecule has 6 nitrogen and oxygen atoms in total. The van der Waals surface area contributed by atoms with E-state index in [1.807, 2.05) is 0 Å². The maximum Gasteiger partial charge on any atom is 0.231 e. The molecule has 13 heavy (non-hydrogen) atoms. The number of nitrogens with zero attached hydrogens (tertiary/aromatic N) is 4. The number of morpholine rings is 1. The Balaban J connectivity index is 2.49. The zero-order valence-corrected chi connectivity index (χ0v) is 7.51. The Bertz CT molecular complexity index is 231. The van der Waals surface area contributed by atoms with Crippen molar-refractivity contribution in [3.63, 3.8) is 0 Å². The van der Waals surface area contributed by atoms with E-state index in [1.165, 1.54) is 0 Å². The molecule has 0 aromatic carbocycles. The second-order valence-corrected chi connectivity index (χ2v) is 2.82. The minimum Gasteiger partial charge on any atom is -0.378 e. The summed E-state index contributed by atoms with van der Waals surface area (Å²) in [7, 11) is 0. The Hall–Kier alpha value is -1.26. The lowest BCUT2D eigenvalue weighted by atomic mass is 10.3. The van der Waals surface area contributed by atoms with Crippen molar-refractivity contribution in [3.05, 3.63) is 10.4 Å². The van der Waals surface area contributed by atoms with Crippen LogP contribution in [0.2, 0.25) is 0 Å². The highest BCUT2D eigenvalue weighted by Crippen LogP contribution is 2.02. The van der Waals surface area contributed by atoms with Crippen LogP contribution in [0, 0.1) is 0 Å². The molecule has 0 saturated carbocycles. The van der Waals surface area contributed by atoms with Gasteiger partial charge in [-0.3, -0.25) is 4.79 Å². The van der Waals surface area contributed by atoms with Gasteiger partial charge >= 0.3 is 0 Å². The Morgan fingerprint density at radius 1 is 1.62 bits per heavy atom. The zero-order chi connectivity index (χ0) is 9.68. The number of carbonyl (C=O) groups excluding carboxylic acids is 1. The van der Waals surface area contributed by atoms with Crippen LogP contribution in [-0.4, -0.2) is 43.2 Å². The molecule has 0 bridgehead atoms. The highest BCUT2D eigenvalue weighted by Gasteiger charge is 2.20. The van der Waals surface area contributed by atoms with Crippen LogP contribution in [-0.2, 0) is 9.53 Å². The number of hydrogen-bond donors (Lipinski definition) is 0. The van der Waals surface area contributed by atoms with E-state index in [-0.39, 0.29) is 5.91 Å². The summed E-state index contributed by atoms with van der Waals surface area (Å²) >= 11 is 0. The summed E-state index contributed by atoms with van der Waals surface area (Å²) in [6.07, 6.45) is 0. The Morgan fingerprint density at radius 2 is 2.23 bits per heavy atom. The number of amides is 1. The van der Waals surface area contributed by atoms with E-state index < -0.39 is 6.04 Å². The number of azide groups is 1. The summed E-state index contributed by atoms with van der Waals surface area (Å²) in [5.41, 5.74) is 8.15. The summed E-state index contributed by atoms with van der Waals surface area (Å²) < 4.78 is 5.09. The SMILES string of the molecule is CC(N=[N+]=[N-])C(=O)N1CCOCC1. The van der Waals surface area contributed by atoms with E-state index in [0.717, 1.165) is 0 Å². The van der Waals surface area contributed by atoms with Gasteiger partial charge in [-0.05, 0) is 12.5 Å². The third kappa shape index (κ3) is 2.61. The summed E-state index contributed by atoms with van der Waals surface area (Å²) in [5.74, 6) is -0.124. The number of hydrogen-bond acceptors (Lipinski definition) is 3. The van der Waals surface area contributed by atoms with Crippen molar-refractivity contribution in [2.75, 3.05) is 26.3 Å². The Morgan fingerprint density at radius 3 is 2.77 bits per heavy atom. The summed E-state index contributed by atoms with van der Waals surface area (Å²) in [5, 5.41) is 3.35. The quantitative estimate of drug-likeness (QED) is 0.356. The average molecular weight is 184 g/mol. The molecule has 1 aliphatic heterocycles. The van der Waals surface area contributed by atoms with E-state index in [1.54, 1.807) is 11.8 Å². The predicted molar refractivity (Wildman–Crippen MR) is 46.0 cm³/mol. The van der Waals surface area contributed by atoms with E-state index in [2.05, 4.69) is 10.0 Å². The molecule has 0 aliphatic carbocycles. The van der Waals surface area contributed by atoms with Crippen molar-refractivity contribution < 1.29 is 9.53 Å². The van der Waals surface area contributed by atoms with E-state index >= 15 is 0 Å². The van der Waals surface area contributed by atoms with Crippen LogP contribution in [0.3, 0.4) is 0 Å². The van der Waals surface area contributed by atoms with Crippen LogP contribution >= 0.6 is 0 Å². The number of ether oxygens (including phenoxy) is 1. The normalized spacial score (nSPS) is 19.0. The molecule has 1 heterocycles. The molecule has 0 aromatic rings. The average Bonchev–Trinajstić information content (AvgIpc) is 2.18. The van der Waals surface area contributed by atoms with E-state index in [4.69, 9.17) is 10.3 Å². The molecule has 1 aliphatic rings. The minimum absolute atomic E-state index is 0.124. The number of carbonyl (C=O) groups is 1. The van der Waals surface area contributed by atoms with E-state index in [0.29, 0.717) is 26.3 Å². The lowest BCUT2D eigenvalue weighted by molar-refractivity contribution is -0.136. The first-order valence-corrected chi connectivity index (χ1v) is 4.16. The molecule has 0 radical (unpaired) electrons. The number of rotatable bonds is 2. The Kier molecular flexibility index (Phi) is 3.54. The lowest BCUT2D eigenvalue weighted by Crippen LogP contribution is -2.44. The second-order valence-electron chi connectivity index (χ2n) is 2.82. The topological polar surface area (TPSA) is 78.3 Å². The van der Waals surface area contributed by atoms with Gasteiger partial charge in [0.05, 0.1) is 13.2 Å². The maximum absolute atomic E-state index is 11.5. The second kappa shape index (κ2) is 4.69. The summed E-state index contributed by atoms with van der Waals surface area (Å²) in [6, 6.07) is -0.608. The van der Waals surface area contributed by atoms with Gasteiger partial charge in [0, 0.05) is 18.0 Å². The lowest BCUT2D eigenvalue weighted by Gasteiger charge is -2.27. The van der Waals surface area contributed by atoms with Crippen molar-refractivity contribution in [2.24, 2.45) is 5.11 Å². The van der Waals surface area contributed by atoms with Crippen molar-refractivity contribution in [1.29, 1.82) is 0 Å². The van der Waals surface area contributed by atoms with Gasteiger partial charge in [-0.15, -0.1) is 0 Å².